The van der Waals surface area contributed by atoms with Crippen molar-refractivity contribution >= 4 is 66.8 Å². The molecule has 10 rings (SSSR count). The van der Waals surface area contributed by atoms with Crippen molar-refractivity contribution in [2.24, 2.45) is 0 Å². The highest BCUT2D eigenvalue weighted by molar-refractivity contribution is 6.14. The molecule has 0 spiro atoms. The first kappa shape index (κ1) is 32.2. The monoisotopic (exact) mass is 705 g/mol. The minimum atomic E-state index is 0.597. The fraction of sp³-hybridized carbons (Fsp3) is 0. The lowest BCUT2D eigenvalue weighted by Crippen LogP contribution is -2.14. The molecule has 0 fully saturated rings. The van der Waals surface area contributed by atoms with Gasteiger partial charge in [-0.2, -0.15) is 0 Å². The Bertz CT molecular complexity index is 2910. The number of rotatable bonds is 8. The summed E-state index contributed by atoms with van der Waals surface area (Å²) >= 11 is 0. The predicted molar refractivity (Wildman–Crippen MR) is 229 cm³/mol. The van der Waals surface area contributed by atoms with Gasteiger partial charge in [-0.25, -0.2) is 4.98 Å². The maximum Gasteiger partial charge on any atom is 0.227 e. The zero-order valence-electron chi connectivity index (χ0n) is 30.0. The van der Waals surface area contributed by atoms with Gasteiger partial charge in [-0.1, -0.05) is 133 Å². The highest BCUT2D eigenvalue weighted by atomic mass is 16.3. The van der Waals surface area contributed by atoms with Crippen molar-refractivity contribution in [2.45, 2.75) is 0 Å². The van der Waals surface area contributed by atoms with E-state index >= 15 is 0 Å². The molecule has 0 radical (unpaired) electrons. The predicted octanol–water partition coefficient (Wildman–Crippen LogP) is 14.4. The summed E-state index contributed by atoms with van der Waals surface area (Å²) in [6, 6.07) is 74.7. The van der Waals surface area contributed by atoms with Gasteiger partial charge in [0.1, 0.15) is 5.52 Å². The van der Waals surface area contributed by atoms with Crippen LogP contribution in [0.15, 0.2) is 217 Å². The Labute approximate surface area is 319 Å². The van der Waals surface area contributed by atoms with Gasteiger partial charge in [-0.15, -0.1) is 0 Å². The summed E-state index contributed by atoms with van der Waals surface area (Å²) in [7, 11) is 0. The molecule has 0 N–H and O–H groups in total. The molecule has 0 amide bonds. The van der Waals surface area contributed by atoms with Crippen molar-refractivity contribution in [3.63, 3.8) is 0 Å². The number of fused-ring (bicyclic) bond motifs is 4. The molecule has 0 bridgehead atoms. The Morgan fingerprint density at radius 1 is 0.345 bits per heavy atom. The van der Waals surface area contributed by atoms with E-state index in [1.165, 1.54) is 21.9 Å². The van der Waals surface area contributed by atoms with Crippen LogP contribution in [0.3, 0.4) is 0 Å². The second-order valence-corrected chi connectivity index (χ2v) is 13.6. The van der Waals surface area contributed by atoms with E-state index in [0.29, 0.717) is 5.89 Å². The highest BCUT2D eigenvalue weighted by Gasteiger charge is 2.24. The SMILES string of the molecule is c1ccc(-c2ccc(N(c3ccccc3)c3cc(N(c4ccccc4)c4ccc5ccccc5c4)c4c(ccc5nc(-c6ccccc6)oc54)c3)cc2)cc1. The van der Waals surface area contributed by atoms with Crippen LogP contribution in [-0.2, 0) is 0 Å². The number of oxazole rings is 1. The summed E-state index contributed by atoms with van der Waals surface area (Å²) in [6.07, 6.45) is 0. The molecule has 4 heteroatoms. The van der Waals surface area contributed by atoms with Crippen LogP contribution in [0.2, 0.25) is 0 Å². The van der Waals surface area contributed by atoms with Gasteiger partial charge < -0.3 is 14.2 Å². The lowest BCUT2D eigenvalue weighted by atomic mass is 10.0. The first-order valence-corrected chi connectivity index (χ1v) is 18.5. The van der Waals surface area contributed by atoms with Gasteiger partial charge in [-0.3, -0.25) is 0 Å². The van der Waals surface area contributed by atoms with Gasteiger partial charge in [0, 0.05) is 34.0 Å². The lowest BCUT2D eigenvalue weighted by Gasteiger charge is -2.31. The average molecular weight is 706 g/mol. The van der Waals surface area contributed by atoms with E-state index in [2.05, 4.69) is 192 Å². The Morgan fingerprint density at radius 3 is 1.55 bits per heavy atom. The van der Waals surface area contributed by atoms with Gasteiger partial charge in [0.15, 0.2) is 5.58 Å². The largest absolute Gasteiger partial charge is 0.435 e. The molecule has 0 aliphatic heterocycles. The zero-order valence-corrected chi connectivity index (χ0v) is 30.0. The Kier molecular flexibility index (Phi) is 8.12. The van der Waals surface area contributed by atoms with Gasteiger partial charge in [-0.05, 0) is 106 Å². The normalized spacial score (nSPS) is 11.3. The van der Waals surface area contributed by atoms with Crippen LogP contribution in [-0.4, -0.2) is 4.98 Å². The van der Waals surface area contributed by atoms with E-state index < -0.39 is 0 Å². The number of anilines is 6. The molecule has 0 saturated heterocycles. The second kappa shape index (κ2) is 13.8. The molecular formula is C51H35N3O. The fourth-order valence-electron chi connectivity index (χ4n) is 7.59. The van der Waals surface area contributed by atoms with Crippen LogP contribution in [0.1, 0.15) is 0 Å². The number of nitrogens with zero attached hydrogens (tertiary/aromatic N) is 3. The second-order valence-electron chi connectivity index (χ2n) is 13.6. The summed E-state index contributed by atoms with van der Waals surface area (Å²) in [5.74, 6) is 0.597. The van der Waals surface area contributed by atoms with Crippen molar-refractivity contribution in [1.29, 1.82) is 0 Å². The van der Waals surface area contributed by atoms with Gasteiger partial charge in [0.25, 0.3) is 0 Å². The fourth-order valence-corrected chi connectivity index (χ4v) is 7.59. The van der Waals surface area contributed by atoms with Crippen molar-refractivity contribution in [2.75, 3.05) is 9.80 Å². The lowest BCUT2D eigenvalue weighted by molar-refractivity contribution is 0.623. The van der Waals surface area contributed by atoms with Crippen LogP contribution in [0.25, 0.3) is 55.2 Å². The summed E-state index contributed by atoms with van der Waals surface area (Å²) in [5.41, 5.74) is 11.1. The molecule has 10 aromatic rings. The third kappa shape index (κ3) is 6.06. The molecule has 1 heterocycles. The summed E-state index contributed by atoms with van der Waals surface area (Å²) in [6.45, 7) is 0. The smallest absolute Gasteiger partial charge is 0.227 e. The van der Waals surface area contributed by atoms with E-state index in [9.17, 15) is 0 Å². The molecule has 0 aliphatic carbocycles. The number of aromatic nitrogens is 1. The molecule has 1 aromatic heterocycles. The first-order chi connectivity index (χ1) is 27.3. The number of para-hydroxylation sites is 2. The molecule has 9 aromatic carbocycles. The Balaban J connectivity index is 1.25. The van der Waals surface area contributed by atoms with Gasteiger partial charge in [0.05, 0.1) is 11.1 Å². The summed E-state index contributed by atoms with van der Waals surface area (Å²) < 4.78 is 6.77. The van der Waals surface area contributed by atoms with Gasteiger partial charge in [0.2, 0.25) is 5.89 Å². The quantitative estimate of drug-likeness (QED) is 0.158. The number of hydrogen-bond acceptors (Lipinski definition) is 4. The summed E-state index contributed by atoms with van der Waals surface area (Å²) in [5, 5.41) is 4.39. The van der Waals surface area contributed by atoms with Crippen LogP contribution in [0.4, 0.5) is 34.1 Å². The van der Waals surface area contributed by atoms with Crippen LogP contribution >= 0.6 is 0 Å². The zero-order chi connectivity index (χ0) is 36.6. The van der Waals surface area contributed by atoms with Crippen LogP contribution in [0.5, 0.6) is 0 Å². The molecular weight excluding hydrogens is 671 g/mol. The average Bonchev–Trinajstić information content (AvgIpc) is 3.70. The molecule has 0 unspecified atom stereocenters. The van der Waals surface area contributed by atoms with Crippen molar-refractivity contribution in [3.8, 4) is 22.6 Å². The number of hydrogen-bond donors (Lipinski definition) is 0. The molecule has 55 heavy (non-hydrogen) atoms. The molecule has 0 atom stereocenters. The van der Waals surface area contributed by atoms with E-state index in [1.54, 1.807) is 0 Å². The highest BCUT2D eigenvalue weighted by Crippen LogP contribution is 2.47. The third-order valence-electron chi connectivity index (χ3n) is 10.2. The minimum Gasteiger partial charge on any atom is -0.435 e. The first-order valence-electron chi connectivity index (χ1n) is 18.5. The van der Waals surface area contributed by atoms with Crippen molar-refractivity contribution in [3.05, 3.63) is 212 Å². The van der Waals surface area contributed by atoms with Crippen LogP contribution < -0.4 is 9.80 Å². The third-order valence-corrected chi connectivity index (χ3v) is 10.2. The van der Waals surface area contributed by atoms with E-state index in [-0.39, 0.29) is 0 Å². The number of benzene rings is 9. The van der Waals surface area contributed by atoms with Crippen LogP contribution in [0, 0.1) is 0 Å². The summed E-state index contributed by atoms with van der Waals surface area (Å²) in [4.78, 5) is 9.70. The Hall–Kier alpha value is -7.43. The van der Waals surface area contributed by atoms with E-state index in [4.69, 9.17) is 9.40 Å². The maximum absolute atomic E-state index is 6.77. The topological polar surface area (TPSA) is 32.5 Å². The minimum absolute atomic E-state index is 0.597. The Morgan fingerprint density at radius 2 is 0.855 bits per heavy atom. The van der Waals surface area contributed by atoms with Gasteiger partial charge >= 0.3 is 0 Å². The van der Waals surface area contributed by atoms with Crippen molar-refractivity contribution < 1.29 is 4.42 Å². The van der Waals surface area contributed by atoms with E-state index in [1.807, 2.05) is 30.3 Å². The standard InChI is InChI=1S/C51H35N3O/c1-5-15-36(16-6-1)38-25-29-44(30-26-38)53(42-21-9-3-10-22-42)46-34-41-28-32-47-50(55-51(52-47)39-18-7-2-8-19-39)49(41)48(35-46)54(43-23-11-4-12-24-43)45-31-27-37-17-13-14-20-40(37)33-45/h1-35H. The van der Waals surface area contributed by atoms with Crippen molar-refractivity contribution in [1.82, 2.24) is 4.98 Å². The van der Waals surface area contributed by atoms with E-state index in [0.717, 1.165) is 61.6 Å². The molecule has 260 valence electrons. The maximum atomic E-state index is 6.77. The molecule has 0 aliphatic rings. The molecule has 0 saturated carbocycles. The molecule has 4 nitrogen and oxygen atoms in total.